The molecule has 0 aromatic heterocycles. The fraction of sp³-hybridized carbons (Fsp3) is 0.533. The van der Waals surface area contributed by atoms with E-state index in [1.54, 1.807) is 0 Å². The van der Waals surface area contributed by atoms with Gasteiger partial charge in [0, 0.05) is 0 Å². The molecule has 0 bridgehead atoms. The quantitative estimate of drug-likeness (QED) is 0.630. The molecule has 1 aromatic carbocycles. The number of nitrogens with two attached hydrogens (primary N) is 1. The number of unbranched alkanes of at least 4 members (excludes halogenated alkanes) is 1. The minimum absolute atomic E-state index is 0.156. The van der Waals surface area contributed by atoms with Crippen LogP contribution in [0.25, 0.3) is 0 Å². The first-order chi connectivity index (χ1) is 9.15. The van der Waals surface area contributed by atoms with Crippen LogP contribution in [-0.4, -0.2) is 45.4 Å². The second kappa shape index (κ2) is 6.55. The van der Waals surface area contributed by atoms with Gasteiger partial charge in [-0.1, -0.05) is 0 Å². The third-order valence-corrected chi connectivity index (χ3v) is 6.37. The molecule has 0 saturated carbocycles. The maximum absolute atomic E-state index is 12.5. The minimum atomic E-state index is -0.156. The van der Waals surface area contributed by atoms with Gasteiger partial charge in [-0.3, -0.25) is 0 Å². The summed E-state index contributed by atoms with van der Waals surface area (Å²) in [6, 6.07) is 10.4. The molecule has 1 atom stereocenters. The Labute approximate surface area is 121 Å². The van der Waals surface area contributed by atoms with Crippen molar-refractivity contribution in [1.29, 1.82) is 0 Å². The van der Waals surface area contributed by atoms with Crippen molar-refractivity contribution < 1.29 is 4.79 Å². The Bertz CT molecular complexity index is 423. The van der Waals surface area contributed by atoms with Crippen molar-refractivity contribution >= 4 is 25.3 Å². The van der Waals surface area contributed by atoms with Crippen molar-refractivity contribution in [2.45, 2.75) is 30.5 Å². The summed E-state index contributed by atoms with van der Waals surface area (Å²) in [6.45, 7) is 4.63. The van der Waals surface area contributed by atoms with Gasteiger partial charge >= 0.3 is 121 Å². The van der Waals surface area contributed by atoms with Crippen LogP contribution in [0.4, 0.5) is 0 Å². The molecule has 3 nitrogen and oxygen atoms in total. The number of carbonyl (C=O) groups is 1. The second-order valence-corrected chi connectivity index (χ2v) is 8.49. The monoisotopic (exact) mass is 326 g/mol. The number of nitrogens with zero attached hydrogens (tertiary/aromatic N) is 1. The molecule has 2 N–H and O–H groups in total. The molecule has 104 valence electrons. The molecule has 1 amide bonds. The van der Waals surface area contributed by atoms with Gasteiger partial charge in [-0.25, -0.2) is 0 Å². The fourth-order valence-electron chi connectivity index (χ4n) is 2.39. The first-order valence-corrected chi connectivity index (χ1v) is 8.60. The van der Waals surface area contributed by atoms with Crippen LogP contribution in [0.5, 0.6) is 0 Å². The number of hydrogen-bond acceptors (Lipinski definition) is 2. The number of rotatable bonds is 6. The van der Waals surface area contributed by atoms with Crippen LogP contribution in [0.1, 0.15) is 26.2 Å². The van der Waals surface area contributed by atoms with Crippen LogP contribution in [0.15, 0.2) is 30.3 Å². The average molecular weight is 325 g/mol. The summed E-state index contributed by atoms with van der Waals surface area (Å²) in [5, 5.41) is 0. The topological polar surface area (TPSA) is 46.3 Å². The third-order valence-electron chi connectivity index (χ3n) is 3.57. The van der Waals surface area contributed by atoms with Crippen LogP contribution in [0, 0.1) is 0 Å². The third kappa shape index (κ3) is 3.59. The number of hydrogen-bond donors (Lipinski definition) is 1. The zero-order valence-electron chi connectivity index (χ0n) is 11.5. The van der Waals surface area contributed by atoms with E-state index in [9.17, 15) is 4.79 Å². The van der Waals surface area contributed by atoms with Gasteiger partial charge in [0.2, 0.25) is 0 Å². The van der Waals surface area contributed by atoms with Crippen LogP contribution in [0.2, 0.25) is 4.31 Å². The normalized spacial score (nSPS) is 23.1. The zero-order chi connectivity index (χ0) is 13.7. The molecular weight excluding hydrogens is 303 g/mol. The Morgan fingerprint density at radius 2 is 2.05 bits per heavy atom. The van der Waals surface area contributed by atoms with Crippen LogP contribution in [-0.2, 0) is 4.79 Å². The molecule has 1 fully saturated rings. The first-order valence-electron chi connectivity index (χ1n) is 6.89. The molecule has 0 radical (unpaired) electrons. The van der Waals surface area contributed by atoms with Gasteiger partial charge < -0.3 is 0 Å². The molecule has 19 heavy (non-hydrogen) atoms. The molecule has 1 unspecified atom stereocenters. The SMILES string of the molecule is CC1([Se]c2ccccc2)CCN(CCCCN)C1=O. The summed E-state index contributed by atoms with van der Waals surface area (Å²) in [7, 11) is 0. The summed E-state index contributed by atoms with van der Waals surface area (Å²) in [5.74, 6) is 0.341. The molecule has 2 rings (SSSR count). The Morgan fingerprint density at radius 1 is 1.32 bits per heavy atom. The van der Waals surface area contributed by atoms with Gasteiger partial charge in [-0.05, 0) is 0 Å². The molecule has 0 aliphatic carbocycles. The summed E-state index contributed by atoms with van der Waals surface area (Å²) in [4.78, 5) is 14.6. The summed E-state index contributed by atoms with van der Waals surface area (Å²) >= 11 is 0.216. The fourth-order valence-corrected chi connectivity index (χ4v) is 4.96. The molecule has 0 spiro atoms. The van der Waals surface area contributed by atoms with Gasteiger partial charge in [0.15, 0.2) is 0 Å². The number of carbonyl (C=O) groups excluding carboxylic acids is 1. The Balaban J connectivity index is 1.95. The zero-order valence-corrected chi connectivity index (χ0v) is 13.2. The Hall–Kier alpha value is -0.831. The number of likely N-dealkylation sites (tertiary alicyclic amines) is 1. The van der Waals surface area contributed by atoms with E-state index >= 15 is 0 Å². The van der Waals surface area contributed by atoms with E-state index in [1.807, 2.05) is 11.0 Å². The number of amides is 1. The van der Waals surface area contributed by atoms with Crippen molar-refractivity contribution in [3.63, 3.8) is 0 Å². The molecule has 4 heteroatoms. The Kier molecular flexibility index (Phi) is 5.03. The summed E-state index contributed by atoms with van der Waals surface area (Å²) in [6.07, 6.45) is 3.02. The molecule has 1 saturated heterocycles. The van der Waals surface area contributed by atoms with E-state index in [1.165, 1.54) is 4.46 Å². The number of benzene rings is 1. The van der Waals surface area contributed by atoms with Gasteiger partial charge in [-0.2, -0.15) is 0 Å². The van der Waals surface area contributed by atoms with Gasteiger partial charge in [0.05, 0.1) is 0 Å². The van der Waals surface area contributed by atoms with Gasteiger partial charge in [-0.15, -0.1) is 0 Å². The van der Waals surface area contributed by atoms with E-state index in [2.05, 4.69) is 31.2 Å². The molecule has 1 aliphatic heterocycles. The van der Waals surface area contributed by atoms with Gasteiger partial charge in [0.1, 0.15) is 0 Å². The van der Waals surface area contributed by atoms with Gasteiger partial charge in [0.25, 0.3) is 0 Å². The van der Waals surface area contributed by atoms with E-state index in [-0.39, 0.29) is 19.3 Å². The predicted molar refractivity (Wildman–Crippen MR) is 79.7 cm³/mol. The van der Waals surface area contributed by atoms with Crippen LogP contribution >= 0.6 is 0 Å². The maximum atomic E-state index is 12.5. The second-order valence-electron chi connectivity index (χ2n) is 5.18. The average Bonchev–Trinajstić information content (AvgIpc) is 2.68. The van der Waals surface area contributed by atoms with Crippen molar-refractivity contribution in [3.05, 3.63) is 30.3 Å². The van der Waals surface area contributed by atoms with Crippen molar-refractivity contribution in [2.24, 2.45) is 5.73 Å². The van der Waals surface area contributed by atoms with Crippen molar-refractivity contribution in [2.75, 3.05) is 19.6 Å². The molecule has 1 aliphatic rings. The Morgan fingerprint density at radius 3 is 2.74 bits per heavy atom. The summed E-state index contributed by atoms with van der Waals surface area (Å²) in [5.41, 5.74) is 5.50. The van der Waals surface area contributed by atoms with Crippen LogP contribution < -0.4 is 10.2 Å². The predicted octanol–water partition coefficient (Wildman–Crippen LogP) is 1.17. The summed E-state index contributed by atoms with van der Waals surface area (Å²) < 4.78 is 1.16. The molecule has 1 heterocycles. The van der Waals surface area contributed by atoms with E-state index in [0.29, 0.717) is 12.5 Å². The van der Waals surface area contributed by atoms with Crippen molar-refractivity contribution in [3.8, 4) is 0 Å². The standard InChI is InChI=1S/C15H22N2OSe/c1-15(19-13-7-3-2-4-8-13)9-12-17(14(15)18)11-6-5-10-16/h2-4,7-8H,5-6,9-12,16H2,1H3. The molecule has 1 aromatic rings. The van der Waals surface area contributed by atoms with E-state index in [0.717, 1.165) is 32.4 Å². The van der Waals surface area contributed by atoms with Crippen LogP contribution in [0.3, 0.4) is 0 Å². The van der Waals surface area contributed by atoms with E-state index < -0.39 is 0 Å². The van der Waals surface area contributed by atoms with Crippen molar-refractivity contribution in [1.82, 2.24) is 4.90 Å². The van der Waals surface area contributed by atoms with E-state index in [4.69, 9.17) is 5.73 Å². The first kappa shape index (κ1) is 14.6. The molecular formula is C15H22N2OSe.